The van der Waals surface area contributed by atoms with Gasteiger partial charge in [-0.25, -0.2) is 8.42 Å². The Kier molecular flexibility index (Phi) is 9.64. The first-order valence-electron chi connectivity index (χ1n) is 12.8. The molecule has 1 unspecified atom stereocenters. The number of ketones is 1. The Labute approximate surface area is 240 Å². The summed E-state index contributed by atoms with van der Waals surface area (Å²) in [6.45, 7) is 2.61. The SMILES string of the molecule is CC1=C(c2ccc(C#CCCC#N)cc2)C(c2ccc(Cl)cc2Cl)N=C1C(=O)CNCC1CCS(=O)(=O)CC1. The Morgan fingerprint density at radius 2 is 1.82 bits per heavy atom. The van der Waals surface area contributed by atoms with Crippen LogP contribution in [0.2, 0.25) is 10.0 Å². The van der Waals surface area contributed by atoms with Crippen molar-refractivity contribution in [3.63, 3.8) is 0 Å². The molecule has 1 fully saturated rings. The van der Waals surface area contributed by atoms with E-state index in [1.807, 2.05) is 37.3 Å². The van der Waals surface area contributed by atoms with Crippen LogP contribution in [0.25, 0.3) is 5.57 Å². The third-order valence-electron chi connectivity index (χ3n) is 7.00. The van der Waals surface area contributed by atoms with Crippen molar-refractivity contribution in [2.45, 2.75) is 38.6 Å². The van der Waals surface area contributed by atoms with E-state index in [0.717, 1.165) is 27.8 Å². The molecule has 4 rings (SSSR count). The maximum absolute atomic E-state index is 13.3. The molecule has 0 aromatic heterocycles. The van der Waals surface area contributed by atoms with Crippen molar-refractivity contribution in [3.05, 3.63) is 74.8 Å². The highest BCUT2D eigenvalue weighted by Gasteiger charge is 2.32. The van der Waals surface area contributed by atoms with Gasteiger partial charge in [0.25, 0.3) is 0 Å². The summed E-state index contributed by atoms with van der Waals surface area (Å²) in [7, 11) is -2.92. The Morgan fingerprint density at radius 1 is 1.10 bits per heavy atom. The van der Waals surface area contributed by atoms with E-state index < -0.39 is 15.9 Å². The van der Waals surface area contributed by atoms with Crippen LogP contribution in [0.1, 0.15) is 55.3 Å². The topological polar surface area (TPSA) is 99.4 Å². The summed E-state index contributed by atoms with van der Waals surface area (Å²) in [5.41, 5.74) is 4.59. The molecule has 0 aliphatic carbocycles. The van der Waals surface area contributed by atoms with Crippen molar-refractivity contribution in [3.8, 4) is 17.9 Å². The number of nitriles is 1. The van der Waals surface area contributed by atoms with Crippen LogP contribution in [0.15, 0.2) is 53.0 Å². The monoisotopic (exact) mass is 581 g/mol. The second-order valence-corrected chi connectivity index (χ2v) is 12.9. The van der Waals surface area contributed by atoms with Crippen LogP contribution in [0.5, 0.6) is 0 Å². The highest BCUT2D eigenvalue weighted by molar-refractivity contribution is 7.91. The summed E-state index contributed by atoms with van der Waals surface area (Å²) >= 11 is 12.7. The third-order valence-corrected chi connectivity index (χ3v) is 9.27. The predicted molar refractivity (Wildman–Crippen MR) is 157 cm³/mol. The fourth-order valence-electron chi connectivity index (χ4n) is 4.86. The number of halogens is 2. The highest BCUT2D eigenvalue weighted by atomic mass is 35.5. The molecule has 2 aliphatic heterocycles. The lowest BCUT2D eigenvalue weighted by Crippen LogP contribution is -2.35. The van der Waals surface area contributed by atoms with Crippen LogP contribution in [-0.2, 0) is 14.6 Å². The average molecular weight is 583 g/mol. The van der Waals surface area contributed by atoms with E-state index >= 15 is 0 Å². The second kappa shape index (κ2) is 12.9. The van der Waals surface area contributed by atoms with Crippen LogP contribution in [-0.4, -0.2) is 44.5 Å². The first-order valence-corrected chi connectivity index (χ1v) is 15.4. The van der Waals surface area contributed by atoms with Gasteiger partial charge in [-0.1, -0.05) is 53.2 Å². The number of hydrogen-bond acceptors (Lipinski definition) is 6. The van der Waals surface area contributed by atoms with Gasteiger partial charge >= 0.3 is 0 Å². The lowest BCUT2D eigenvalue weighted by molar-refractivity contribution is -0.112. The minimum absolute atomic E-state index is 0.116. The van der Waals surface area contributed by atoms with Gasteiger partial charge in [0.1, 0.15) is 21.6 Å². The molecule has 0 saturated carbocycles. The molecule has 2 aromatic rings. The minimum Gasteiger partial charge on any atom is -0.309 e. The largest absolute Gasteiger partial charge is 0.309 e. The molecule has 1 atom stereocenters. The predicted octanol–water partition coefficient (Wildman–Crippen LogP) is 5.60. The van der Waals surface area contributed by atoms with Crippen molar-refractivity contribution in [2.24, 2.45) is 10.9 Å². The fourth-order valence-corrected chi connectivity index (χ4v) is 6.96. The number of rotatable bonds is 8. The molecule has 6 nitrogen and oxygen atoms in total. The minimum atomic E-state index is -2.92. The molecule has 0 radical (unpaired) electrons. The van der Waals surface area contributed by atoms with Crippen LogP contribution >= 0.6 is 23.2 Å². The molecular formula is C30H29Cl2N3O3S. The smallest absolute Gasteiger partial charge is 0.194 e. The van der Waals surface area contributed by atoms with Gasteiger partial charge in [-0.3, -0.25) is 9.79 Å². The van der Waals surface area contributed by atoms with E-state index in [1.165, 1.54) is 0 Å². The highest BCUT2D eigenvalue weighted by Crippen LogP contribution is 2.44. The Hall–Kier alpha value is -2.94. The molecule has 202 valence electrons. The van der Waals surface area contributed by atoms with E-state index in [4.69, 9.17) is 33.5 Å². The molecular weight excluding hydrogens is 553 g/mol. The zero-order chi connectivity index (χ0) is 28.0. The van der Waals surface area contributed by atoms with Gasteiger partial charge in [-0.05, 0) is 78.8 Å². The van der Waals surface area contributed by atoms with Crippen LogP contribution in [0.3, 0.4) is 0 Å². The molecule has 0 amide bonds. The number of benzene rings is 2. The van der Waals surface area contributed by atoms with E-state index in [-0.39, 0.29) is 29.8 Å². The van der Waals surface area contributed by atoms with E-state index in [2.05, 4.69) is 23.2 Å². The van der Waals surface area contributed by atoms with Gasteiger partial charge in [0.05, 0.1) is 24.1 Å². The number of aliphatic imine (C=N–C) groups is 1. The van der Waals surface area contributed by atoms with Gasteiger partial charge in [0, 0.05) is 28.5 Å². The number of nitrogens with zero attached hydrogens (tertiary/aromatic N) is 2. The number of allylic oxidation sites excluding steroid dienone is 1. The normalized spacial score (nSPS) is 18.7. The molecule has 39 heavy (non-hydrogen) atoms. The fraction of sp³-hybridized carbons (Fsp3) is 0.367. The van der Waals surface area contributed by atoms with E-state index in [9.17, 15) is 13.2 Å². The number of carbonyl (C=O) groups excluding carboxylic acids is 1. The Morgan fingerprint density at radius 3 is 2.49 bits per heavy atom. The molecule has 2 heterocycles. The summed E-state index contributed by atoms with van der Waals surface area (Å²) < 4.78 is 23.4. The van der Waals surface area contributed by atoms with Gasteiger partial charge in [-0.2, -0.15) is 5.26 Å². The van der Waals surface area contributed by atoms with Crippen LogP contribution in [0.4, 0.5) is 0 Å². The standard InChI is InChI=1S/C30H29Cl2N3O3S/c1-20-28(23-8-6-21(7-9-23)5-3-2-4-14-33)30(25-11-10-24(31)17-26(25)32)35-29(20)27(36)19-34-18-22-12-15-39(37,38)16-13-22/h6-11,17,22,30,34H,2,4,12-13,15-16,18-19H2,1H3. The summed E-state index contributed by atoms with van der Waals surface area (Å²) in [5, 5.41) is 12.9. The number of carbonyl (C=O) groups is 1. The number of nitrogens with one attached hydrogen (secondary N) is 1. The Bertz CT molecular complexity index is 1510. The first kappa shape index (κ1) is 29.1. The lowest BCUT2D eigenvalue weighted by Gasteiger charge is -2.22. The Balaban J connectivity index is 1.56. The third kappa shape index (κ3) is 7.38. The van der Waals surface area contributed by atoms with Gasteiger partial charge in [0.15, 0.2) is 5.78 Å². The number of sulfone groups is 1. The molecule has 0 spiro atoms. The second-order valence-electron chi connectivity index (χ2n) is 9.77. The molecule has 2 aromatic carbocycles. The number of hydrogen-bond donors (Lipinski definition) is 1. The maximum Gasteiger partial charge on any atom is 0.194 e. The summed E-state index contributed by atoms with van der Waals surface area (Å²) in [4.78, 5) is 18.2. The lowest BCUT2D eigenvalue weighted by atomic mass is 9.90. The number of Topliss-reactive ketones (excluding diaryl/α,β-unsaturated/α-hetero) is 1. The van der Waals surface area contributed by atoms with Crippen molar-refractivity contribution in [1.29, 1.82) is 5.26 Å². The van der Waals surface area contributed by atoms with Gasteiger partial charge in [-0.15, -0.1) is 0 Å². The number of unbranched alkanes of at least 4 members (excludes halogenated alkanes) is 1. The van der Waals surface area contributed by atoms with Crippen molar-refractivity contribution < 1.29 is 13.2 Å². The molecule has 1 N–H and O–H groups in total. The maximum atomic E-state index is 13.3. The molecule has 2 aliphatic rings. The van der Waals surface area contributed by atoms with Gasteiger partial charge < -0.3 is 5.32 Å². The van der Waals surface area contributed by atoms with Gasteiger partial charge in [0.2, 0.25) is 0 Å². The van der Waals surface area contributed by atoms with Crippen molar-refractivity contribution in [1.82, 2.24) is 5.32 Å². The summed E-state index contributed by atoms with van der Waals surface area (Å²) in [5.74, 6) is 6.60. The first-order chi connectivity index (χ1) is 18.7. The van der Waals surface area contributed by atoms with Crippen molar-refractivity contribution >= 4 is 50.1 Å². The summed E-state index contributed by atoms with van der Waals surface area (Å²) in [6, 6.07) is 14.6. The average Bonchev–Trinajstić information content (AvgIpc) is 3.24. The zero-order valence-electron chi connectivity index (χ0n) is 21.6. The molecule has 9 heteroatoms. The summed E-state index contributed by atoms with van der Waals surface area (Å²) in [6.07, 6.45) is 2.14. The zero-order valence-corrected chi connectivity index (χ0v) is 24.0. The quantitative estimate of drug-likeness (QED) is 0.323. The van der Waals surface area contributed by atoms with E-state index in [1.54, 1.807) is 12.1 Å². The molecule has 0 bridgehead atoms. The molecule has 1 saturated heterocycles. The van der Waals surface area contributed by atoms with Crippen molar-refractivity contribution in [2.75, 3.05) is 24.6 Å². The van der Waals surface area contributed by atoms with Crippen LogP contribution < -0.4 is 5.32 Å². The van der Waals surface area contributed by atoms with Crippen LogP contribution in [0, 0.1) is 29.1 Å². The van der Waals surface area contributed by atoms with E-state index in [0.29, 0.717) is 48.0 Å².